The molecule has 140 valence electrons. The summed E-state index contributed by atoms with van der Waals surface area (Å²) in [4.78, 5) is 2.26. The number of phenols is 1. The van der Waals surface area contributed by atoms with E-state index in [1.54, 1.807) is 6.07 Å². The average Bonchev–Trinajstić information content (AvgIpc) is 2.67. The number of aliphatic hydroxyl groups excluding tert-OH is 1. The van der Waals surface area contributed by atoms with Crippen molar-refractivity contribution in [3.05, 3.63) is 53.7 Å². The monoisotopic (exact) mass is 363 g/mol. The summed E-state index contributed by atoms with van der Waals surface area (Å²) in [5, 5.41) is 32.0. The Kier molecular flexibility index (Phi) is 4.81. The number of likely N-dealkylation sites (tertiary alicyclic amines) is 1. The molecule has 3 aromatic rings. The summed E-state index contributed by atoms with van der Waals surface area (Å²) in [6.45, 7) is 3.87. The molecule has 0 bridgehead atoms. The smallest absolute Gasteiger partial charge is 0.125 e. The van der Waals surface area contributed by atoms with E-state index < -0.39 is 6.10 Å². The van der Waals surface area contributed by atoms with Gasteiger partial charge in [-0.25, -0.2) is 0 Å². The SMILES string of the molecule is Cc1ccc(-c2nnc(C(O)C3CCCN(C)C3)c3ccccc23)c(O)c1. The van der Waals surface area contributed by atoms with E-state index in [4.69, 9.17) is 0 Å². The summed E-state index contributed by atoms with van der Waals surface area (Å²) in [5.74, 6) is 0.344. The van der Waals surface area contributed by atoms with Crippen LogP contribution in [0.3, 0.4) is 0 Å². The van der Waals surface area contributed by atoms with Gasteiger partial charge in [-0.1, -0.05) is 30.3 Å². The topological polar surface area (TPSA) is 69.5 Å². The van der Waals surface area contributed by atoms with Crippen LogP contribution in [0.25, 0.3) is 22.0 Å². The standard InChI is InChI=1S/C22H25N3O2/c1-14-9-10-18(19(26)12-14)20-16-7-3-4-8-17(16)21(24-23-20)22(27)15-6-5-11-25(2)13-15/h3-4,7-10,12,15,22,26-27H,5-6,11,13H2,1-2H3. The second-order valence-corrected chi connectivity index (χ2v) is 7.61. The van der Waals surface area contributed by atoms with Crippen LogP contribution in [0.1, 0.15) is 30.2 Å². The van der Waals surface area contributed by atoms with Crippen LogP contribution in [0.2, 0.25) is 0 Å². The Morgan fingerprint density at radius 1 is 1.11 bits per heavy atom. The molecule has 0 spiro atoms. The highest BCUT2D eigenvalue weighted by Crippen LogP contribution is 2.37. The van der Waals surface area contributed by atoms with Crippen LogP contribution >= 0.6 is 0 Å². The molecule has 5 nitrogen and oxygen atoms in total. The fraction of sp³-hybridized carbons (Fsp3) is 0.364. The molecule has 0 aliphatic carbocycles. The van der Waals surface area contributed by atoms with E-state index in [0.29, 0.717) is 17.0 Å². The number of piperidine rings is 1. The maximum absolute atomic E-state index is 11.0. The highest BCUT2D eigenvalue weighted by atomic mass is 16.3. The third-order valence-electron chi connectivity index (χ3n) is 5.51. The molecule has 0 radical (unpaired) electrons. The first-order chi connectivity index (χ1) is 13.0. The summed E-state index contributed by atoms with van der Waals surface area (Å²) >= 11 is 0. The van der Waals surface area contributed by atoms with Crippen molar-refractivity contribution in [2.24, 2.45) is 5.92 Å². The van der Waals surface area contributed by atoms with Gasteiger partial charge in [0.1, 0.15) is 17.5 Å². The Bertz CT molecular complexity index is 973. The Labute approximate surface area is 159 Å². The first-order valence-corrected chi connectivity index (χ1v) is 9.46. The average molecular weight is 363 g/mol. The van der Waals surface area contributed by atoms with Crippen LogP contribution in [0.5, 0.6) is 5.75 Å². The van der Waals surface area contributed by atoms with Gasteiger partial charge < -0.3 is 15.1 Å². The van der Waals surface area contributed by atoms with Gasteiger partial charge in [0.25, 0.3) is 0 Å². The first kappa shape index (κ1) is 17.9. The zero-order chi connectivity index (χ0) is 19.0. The van der Waals surface area contributed by atoms with Gasteiger partial charge in [0.05, 0.1) is 5.69 Å². The third-order valence-corrected chi connectivity index (χ3v) is 5.51. The summed E-state index contributed by atoms with van der Waals surface area (Å²) in [6.07, 6.45) is 1.42. The normalized spacial score (nSPS) is 19.3. The van der Waals surface area contributed by atoms with Crippen molar-refractivity contribution in [1.29, 1.82) is 0 Å². The second kappa shape index (κ2) is 7.25. The molecule has 2 unspecified atom stereocenters. The number of aromatic hydroxyl groups is 1. The van der Waals surface area contributed by atoms with E-state index in [-0.39, 0.29) is 11.7 Å². The Hall–Kier alpha value is -2.50. The number of rotatable bonds is 3. The van der Waals surface area contributed by atoms with E-state index >= 15 is 0 Å². The van der Waals surface area contributed by atoms with Gasteiger partial charge in [-0.05, 0) is 51.1 Å². The van der Waals surface area contributed by atoms with Crippen molar-refractivity contribution in [1.82, 2.24) is 15.1 Å². The first-order valence-electron chi connectivity index (χ1n) is 9.46. The molecule has 5 heteroatoms. The van der Waals surface area contributed by atoms with Gasteiger partial charge in [-0.15, -0.1) is 5.10 Å². The summed E-state index contributed by atoms with van der Waals surface area (Å²) < 4.78 is 0. The van der Waals surface area contributed by atoms with E-state index in [0.717, 1.165) is 42.3 Å². The molecule has 1 aromatic heterocycles. The molecule has 1 saturated heterocycles. The Morgan fingerprint density at radius 2 is 1.89 bits per heavy atom. The fourth-order valence-electron chi connectivity index (χ4n) is 4.07. The molecule has 0 saturated carbocycles. The lowest BCUT2D eigenvalue weighted by molar-refractivity contribution is 0.0568. The minimum Gasteiger partial charge on any atom is -0.507 e. The summed E-state index contributed by atoms with van der Waals surface area (Å²) in [6, 6.07) is 13.4. The molecule has 2 heterocycles. The molecule has 1 aliphatic rings. The molecule has 0 amide bonds. The number of hydrogen-bond acceptors (Lipinski definition) is 5. The number of nitrogens with zero attached hydrogens (tertiary/aromatic N) is 3. The van der Waals surface area contributed by atoms with Crippen molar-refractivity contribution in [2.75, 3.05) is 20.1 Å². The van der Waals surface area contributed by atoms with Gasteiger partial charge in [-0.2, -0.15) is 5.10 Å². The van der Waals surface area contributed by atoms with Crippen molar-refractivity contribution < 1.29 is 10.2 Å². The summed E-state index contributed by atoms with van der Waals surface area (Å²) in [7, 11) is 2.09. The summed E-state index contributed by atoms with van der Waals surface area (Å²) in [5.41, 5.74) is 2.91. The van der Waals surface area contributed by atoms with Crippen LogP contribution in [0.4, 0.5) is 0 Å². The maximum atomic E-state index is 11.0. The van der Waals surface area contributed by atoms with E-state index in [2.05, 4.69) is 22.1 Å². The molecular formula is C22H25N3O2. The van der Waals surface area contributed by atoms with Crippen LogP contribution in [0, 0.1) is 12.8 Å². The molecule has 2 N–H and O–H groups in total. The van der Waals surface area contributed by atoms with Crippen LogP contribution < -0.4 is 0 Å². The number of aromatic nitrogens is 2. The largest absolute Gasteiger partial charge is 0.507 e. The van der Waals surface area contributed by atoms with Crippen molar-refractivity contribution in [3.63, 3.8) is 0 Å². The van der Waals surface area contributed by atoms with E-state index in [1.807, 2.05) is 43.3 Å². The van der Waals surface area contributed by atoms with Crippen molar-refractivity contribution in [2.45, 2.75) is 25.9 Å². The molecule has 2 atom stereocenters. The van der Waals surface area contributed by atoms with Crippen LogP contribution in [-0.4, -0.2) is 45.4 Å². The molecule has 4 rings (SSSR count). The number of fused-ring (bicyclic) bond motifs is 1. The molecular weight excluding hydrogens is 338 g/mol. The fourth-order valence-corrected chi connectivity index (χ4v) is 4.07. The van der Waals surface area contributed by atoms with Gasteiger partial charge in [0.2, 0.25) is 0 Å². The predicted molar refractivity (Wildman–Crippen MR) is 107 cm³/mol. The lowest BCUT2D eigenvalue weighted by Crippen LogP contribution is -2.35. The molecule has 1 fully saturated rings. The van der Waals surface area contributed by atoms with Crippen molar-refractivity contribution >= 4 is 10.8 Å². The third kappa shape index (κ3) is 3.40. The Balaban J connectivity index is 1.81. The van der Waals surface area contributed by atoms with Crippen LogP contribution in [0.15, 0.2) is 42.5 Å². The van der Waals surface area contributed by atoms with E-state index in [9.17, 15) is 10.2 Å². The Morgan fingerprint density at radius 3 is 2.63 bits per heavy atom. The number of aliphatic hydroxyl groups is 1. The zero-order valence-corrected chi connectivity index (χ0v) is 15.8. The highest BCUT2D eigenvalue weighted by Gasteiger charge is 2.28. The van der Waals surface area contributed by atoms with Gasteiger partial charge in [0.15, 0.2) is 0 Å². The molecule has 27 heavy (non-hydrogen) atoms. The van der Waals surface area contributed by atoms with Crippen molar-refractivity contribution in [3.8, 4) is 17.0 Å². The van der Waals surface area contributed by atoms with Crippen LogP contribution in [-0.2, 0) is 0 Å². The van der Waals surface area contributed by atoms with Gasteiger partial charge in [-0.3, -0.25) is 0 Å². The lowest BCUT2D eigenvalue weighted by atomic mass is 9.89. The number of phenolic OH excluding ortho intramolecular Hbond substituents is 1. The zero-order valence-electron chi connectivity index (χ0n) is 15.8. The van der Waals surface area contributed by atoms with E-state index in [1.165, 1.54) is 0 Å². The number of aryl methyl sites for hydroxylation is 1. The maximum Gasteiger partial charge on any atom is 0.125 e. The van der Waals surface area contributed by atoms with Gasteiger partial charge >= 0.3 is 0 Å². The minimum atomic E-state index is -0.647. The molecule has 1 aliphatic heterocycles. The quantitative estimate of drug-likeness (QED) is 0.743. The molecule has 2 aromatic carbocycles. The lowest BCUT2D eigenvalue weighted by Gasteiger charge is -2.32. The minimum absolute atomic E-state index is 0.153. The predicted octanol–water partition coefficient (Wildman–Crippen LogP) is 3.69. The number of hydrogen-bond donors (Lipinski definition) is 2. The highest BCUT2D eigenvalue weighted by molar-refractivity contribution is 5.96. The van der Waals surface area contributed by atoms with Gasteiger partial charge in [0, 0.05) is 28.8 Å². The second-order valence-electron chi connectivity index (χ2n) is 7.61. The number of benzene rings is 2.